The monoisotopic (exact) mass is 380 g/mol. The summed E-state index contributed by atoms with van der Waals surface area (Å²) in [4.78, 5) is 9.95. The van der Waals surface area contributed by atoms with E-state index in [1.165, 1.54) is 0 Å². The molecule has 26 heavy (non-hydrogen) atoms. The molecule has 0 radical (unpaired) electrons. The normalized spacial score (nSPS) is 21.1. The number of benzene rings is 1. The molecule has 0 spiro atoms. The van der Waals surface area contributed by atoms with Gasteiger partial charge in [-0.3, -0.25) is 9.19 Å². The van der Waals surface area contributed by atoms with Gasteiger partial charge in [0.1, 0.15) is 5.75 Å². The average molecular weight is 381 g/mol. The number of imidazole rings is 1. The van der Waals surface area contributed by atoms with Gasteiger partial charge in [0, 0.05) is 36.6 Å². The third kappa shape index (κ3) is 3.01. The molecule has 0 aliphatic heterocycles. The predicted octanol–water partition coefficient (Wildman–Crippen LogP) is 3.37. The highest BCUT2D eigenvalue weighted by Crippen LogP contribution is 2.22. The first-order valence-electron chi connectivity index (χ1n) is 14.0. The molecule has 0 bridgehead atoms. The SMILES string of the molecule is [2H]c1nc(C([2H])([2H])S(=O)c2nc3c([2H])c([2H])c(-n4c([2H])c([2H])c([2H])c4[2H])c([2H])c3[nH]2)c(C([2H])([2H])[2H])c(OC)c1[2H]. The Kier molecular flexibility index (Phi) is 1.82. The maximum Gasteiger partial charge on any atom is 0.197 e. The number of nitrogens with zero attached hydrogens (tertiary/aromatic N) is 3. The van der Waals surface area contributed by atoms with Crippen LogP contribution >= 0.6 is 0 Å². The highest BCUT2D eigenvalue weighted by molar-refractivity contribution is 7.84. The number of pyridine rings is 1. The summed E-state index contributed by atoms with van der Waals surface area (Å²) in [5, 5.41) is -0.690. The van der Waals surface area contributed by atoms with Crippen LogP contribution in [0.3, 0.4) is 0 Å². The van der Waals surface area contributed by atoms with Crippen molar-refractivity contribution in [1.29, 1.82) is 0 Å². The van der Waals surface area contributed by atoms with E-state index in [-0.39, 0.29) is 5.52 Å². The minimum absolute atomic E-state index is 0.343. The first-order chi connectivity index (χ1) is 18.4. The number of aromatic amines is 1. The van der Waals surface area contributed by atoms with Gasteiger partial charge in [0.05, 0.1) is 52.7 Å². The highest BCUT2D eigenvalue weighted by atomic mass is 32.2. The quantitative estimate of drug-likeness (QED) is 0.576. The van der Waals surface area contributed by atoms with Crippen LogP contribution in [0.1, 0.15) is 30.4 Å². The van der Waals surface area contributed by atoms with E-state index in [9.17, 15) is 4.21 Å². The van der Waals surface area contributed by atoms with Gasteiger partial charge in [0.2, 0.25) is 0 Å². The summed E-state index contributed by atoms with van der Waals surface area (Å²) >= 11 is 0. The Morgan fingerprint density at radius 1 is 1.38 bits per heavy atom. The fourth-order valence-electron chi connectivity index (χ4n) is 2.03. The summed E-state index contributed by atoms with van der Waals surface area (Å²) in [5.74, 6) is -0.655. The largest absolute Gasteiger partial charge is 0.496 e. The van der Waals surface area contributed by atoms with Crippen molar-refractivity contribution in [2.45, 2.75) is 17.7 Å². The van der Waals surface area contributed by atoms with E-state index in [1.54, 1.807) is 0 Å². The summed E-state index contributed by atoms with van der Waals surface area (Å²) < 4.78 is 132. The van der Waals surface area contributed by atoms with Crippen molar-refractivity contribution in [2.24, 2.45) is 0 Å². The Balaban J connectivity index is 1.97. The molecule has 1 aromatic carbocycles. The Hall–Kier alpha value is -2.93. The van der Waals surface area contributed by atoms with Crippen LogP contribution in [0.15, 0.2) is 59.9 Å². The van der Waals surface area contributed by atoms with E-state index in [4.69, 9.17) is 23.9 Å². The molecule has 0 fully saturated rings. The van der Waals surface area contributed by atoms with Crippen molar-refractivity contribution in [1.82, 2.24) is 19.5 Å². The van der Waals surface area contributed by atoms with Gasteiger partial charge in [-0.15, -0.1) is 0 Å². The molecule has 3 aromatic heterocycles. The number of hydrogen-bond donors (Lipinski definition) is 1. The van der Waals surface area contributed by atoms with Gasteiger partial charge in [0.15, 0.2) is 5.16 Å². The van der Waals surface area contributed by atoms with Crippen LogP contribution in [0, 0.1) is 6.85 Å². The predicted molar refractivity (Wildman–Crippen MR) is 101 cm³/mol. The Labute approximate surface area is 173 Å². The smallest absolute Gasteiger partial charge is 0.197 e. The molecule has 6 nitrogen and oxygen atoms in total. The molecular weight excluding hydrogens is 348 g/mol. The molecule has 132 valence electrons. The van der Waals surface area contributed by atoms with Crippen LogP contribution in [0.5, 0.6) is 5.75 Å². The molecule has 0 saturated heterocycles. The lowest BCUT2D eigenvalue weighted by atomic mass is 10.2. The summed E-state index contributed by atoms with van der Waals surface area (Å²) in [6, 6.07) is -4.01. The lowest BCUT2D eigenvalue weighted by molar-refractivity contribution is 0.410. The second kappa shape index (κ2) is 6.76. The van der Waals surface area contributed by atoms with Crippen LogP contribution in [-0.2, 0) is 16.5 Å². The number of rotatable bonds is 5. The topological polar surface area (TPSA) is 72.8 Å². The first kappa shape index (κ1) is 7.00. The zero-order valence-electron chi connectivity index (χ0n) is 27.1. The molecule has 1 N–H and O–H groups in total. The zero-order chi connectivity index (χ0) is 30.2. The van der Waals surface area contributed by atoms with Crippen molar-refractivity contribution in [2.75, 3.05) is 7.11 Å². The van der Waals surface area contributed by atoms with Gasteiger partial charge in [0.25, 0.3) is 0 Å². The van der Waals surface area contributed by atoms with Crippen molar-refractivity contribution in [3.05, 3.63) is 66.0 Å². The van der Waals surface area contributed by atoms with Gasteiger partial charge in [-0.05, 0) is 43.1 Å². The highest BCUT2D eigenvalue weighted by Gasteiger charge is 2.15. The number of aromatic nitrogens is 4. The van der Waals surface area contributed by atoms with E-state index in [1.807, 2.05) is 0 Å². The summed E-state index contributed by atoms with van der Waals surface area (Å²) in [5.41, 5.74) is -6.27. The Bertz CT molecular complexity index is 1700. The minimum Gasteiger partial charge on any atom is -0.496 e. The lowest BCUT2D eigenvalue weighted by Crippen LogP contribution is -2.03. The number of nitrogens with one attached hydrogen (secondary N) is 1. The molecule has 0 aliphatic carbocycles. The van der Waals surface area contributed by atoms with Crippen molar-refractivity contribution in [3.63, 3.8) is 0 Å². The Morgan fingerprint density at radius 3 is 3.00 bits per heavy atom. The second-order valence-electron chi connectivity index (χ2n) is 4.77. The fraction of sp³-hybridized carbons (Fsp3) is 0.158. The average Bonchev–Trinajstić information content (AvgIpc) is 3.40. The molecule has 0 saturated carbocycles. The van der Waals surface area contributed by atoms with Crippen molar-refractivity contribution >= 4 is 21.8 Å². The molecule has 4 rings (SSSR count). The Morgan fingerprint density at radius 2 is 2.23 bits per heavy atom. The summed E-state index contributed by atoms with van der Waals surface area (Å²) in [6.07, 6.45) is -2.21. The lowest BCUT2D eigenvalue weighted by Gasteiger charge is -2.08. The van der Waals surface area contributed by atoms with E-state index in [2.05, 4.69) is 15.0 Å². The van der Waals surface area contributed by atoms with Crippen LogP contribution in [0.2, 0.25) is 0 Å². The minimum atomic E-state index is -3.17. The number of hydrogen-bond acceptors (Lipinski definition) is 4. The van der Waals surface area contributed by atoms with Crippen LogP contribution in [-0.4, -0.2) is 30.8 Å². The number of methoxy groups -OCH3 is 1. The molecule has 3 heterocycles. The molecule has 1 atom stereocenters. The molecule has 0 amide bonds. The summed E-state index contributed by atoms with van der Waals surface area (Å²) in [7, 11) is -1.93. The number of ether oxygens (including phenoxy) is 1. The fourth-order valence-corrected chi connectivity index (χ4v) is 2.82. The van der Waals surface area contributed by atoms with Crippen molar-refractivity contribution < 1.29 is 28.1 Å². The van der Waals surface area contributed by atoms with E-state index < -0.39 is 111 Å². The van der Waals surface area contributed by atoms with Crippen LogP contribution in [0.25, 0.3) is 16.7 Å². The number of fused-ring (bicyclic) bond motifs is 1. The van der Waals surface area contributed by atoms with Crippen LogP contribution < -0.4 is 4.74 Å². The molecule has 0 aliphatic rings. The maximum absolute atomic E-state index is 13.5. The zero-order valence-corrected chi connectivity index (χ0v) is 13.9. The van der Waals surface area contributed by atoms with Crippen LogP contribution in [0.4, 0.5) is 0 Å². The van der Waals surface area contributed by atoms with Crippen molar-refractivity contribution in [3.8, 4) is 11.4 Å². The third-order valence-corrected chi connectivity index (χ3v) is 4.14. The van der Waals surface area contributed by atoms with Gasteiger partial charge < -0.3 is 14.3 Å². The van der Waals surface area contributed by atoms with Gasteiger partial charge >= 0.3 is 0 Å². The second-order valence-corrected chi connectivity index (χ2v) is 5.90. The molecule has 4 aromatic rings. The van der Waals surface area contributed by atoms with Gasteiger partial charge in [-0.25, -0.2) is 4.98 Å². The van der Waals surface area contributed by atoms with E-state index >= 15 is 0 Å². The summed E-state index contributed by atoms with van der Waals surface area (Å²) in [6.45, 7) is -3.10. The van der Waals surface area contributed by atoms with E-state index in [0.717, 1.165) is 7.11 Å². The standard InChI is InChI=1S/C19H18N4O2S/c1-13-17(20-8-7-18(13)25-2)12-26(24)19-21-15-6-5-14(11-16(15)22-19)23-9-3-4-10-23/h3-11H,12H2,1-2H3,(H,21,22)/i1D3,3D,4D,5D,6D,7D,8D,9D,10D,11D,12D2. The maximum atomic E-state index is 13.5. The molecular formula is C19H18N4O2S. The van der Waals surface area contributed by atoms with Gasteiger partial charge in [-0.2, -0.15) is 0 Å². The molecule has 7 heteroatoms. The molecule has 1 unspecified atom stereocenters. The first-order valence-corrected chi connectivity index (χ1v) is 8.15. The number of H-pyrrole nitrogens is 1. The third-order valence-electron chi connectivity index (χ3n) is 3.22. The van der Waals surface area contributed by atoms with Gasteiger partial charge in [-0.1, -0.05) is 0 Å². The van der Waals surface area contributed by atoms with E-state index in [0.29, 0.717) is 4.57 Å².